The van der Waals surface area contributed by atoms with E-state index in [4.69, 9.17) is 23.2 Å². The van der Waals surface area contributed by atoms with Crippen LogP contribution in [-0.4, -0.2) is 22.6 Å². The Hall–Kier alpha value is -1.10. The molecule has 0 radical (unpaired) electrons. The number of nitrogens with zero attached hydrogens (tertiary/aromatic N) is 2. The van der Waals surface area contributed by atoms with Gasteiger partial charge in [0.2, 0.25) is 5.28 Å². The number of hydrogen-bond acceptors (Lipinski definition) is 3. The molecular weight excluding hydrogens is 261 g/mol. The van der Waals surface area contributed by atoms with Crippen LogP contribution in [0.4, 0.5) is 0 Å². The number of benzene rings is 1. The Morgan fingerprint density at radius 2 is 2.12 bits per heavy atom. The summed E-state index contributed by atoms with van der Waals surface area (Å²) in [5.41, 5.74) is 0.430. The maximum Gasteiger partial charge on any atom is 0.262 e. The zero-order valence-corrected chi connectivity index (χ0v) is 10.3. The van der Waals surface area contributed by atoms with Crippen LogP contribution in [0.3, 0.4) is 0 Å². The molecule has 0 unspecified atom stereocenters. The number of rotatable bonds is 1. The Morgan fingerprint density at radius 3 is 2.76 bits per heavy atom. The van der Waals surface area contributed by atoms with Crippen molar-refractivity contribution in [2.45, 2.75) is 6.04 Å². The molecule has 3 rings (SSSR count). The van der Waals surface area contributed by atoms with Crippen molar-refractivity contribution in [2.24, 2.45) is 0 Å². The van der Waals surface area contributed by atoms with Crippen LogP contribution in [0.25, 0.3) is 10.9 Å². The predicted octanol–water partition coefficient (Wildman–Crippen LogP) is 1.85. The maximum absolute atomic E-state index is 12.3. The Kier molecular flexibility index (Phi) is 2.58. The first-order chi connectivity index (χ1) is 8.16. The molecule has 1 aliphatic rings. The molecule has 1 aromatic heterocycles. The maximum atomic E-state index is 12.3. The number of nitrogens with one attached hydrogen (secondary N) is 1. The normalized spacial score (nSPS) is 16.1. The number of halogens is 2. The van der Waals surface area contributed by atoms with Crippen molar-refractivity contribution in [1.29, 1.82) is 0 Å². The minimum Gasteiger partial charge on any atom is -0.313 e. The van der Waals surface area contributed by atoms with Crippen LogP contribution in [0.1, 0.15) is 6.04 Å². The summed E-state index contributed by atoms with van der Waals surface area (Å²) in [5.74, 6) is 0. The van der Waals surface area contributed by atoms with Crippen LogP contribution in [0.15, 0.2) is 23.0 Å². The molecule has 2 aromatic rings. The third kappa shape index (κ3) is 1.73. The molecule has 0 atom stereocenters. The molecule has 4 nitrogen and oxygen atoms in total. The van der Waals surface area contributed by atoms with E-state index in [0.717, 1.165) is 13.1 Å². The summed E-state index contributed by atoms with van der Waals surface area (Å²) in [7, 11) is 0. The molecule has 88 valence electrons. The van der Waals surface area contributed by atoms with E-state index in [1.165, 1.54) is 4.57 Å². The van der Waals surface area contributed by atoms with Gasteiger partial charge in [0, 0.05) is 18.1 Å². The van der Waals surface area contributed by atoms with E-state index >= 15 is 0 Å². The van der Waals surface area contributed by atoms with Gasteiger partial charge in [0.05, 0.1) is 16.9 Å². The van der Waals surface area contributed by atoms with Crippen LogP contribution in [-0.2, 0) is 0 Å². The van der Waals surface area contributed by atoms with E-state index in [2.05, 4.69) is 10.3 Å². The van der Waals surface area contributed by atoms with Crippen molar-refractivity contribution >= 4 is 34.1 Å². The van der Waals surface area contributed by atoms with E-state index < -0.39 is 0 Å². The highest BCUT2D eigenvalue weighted by Gasteiger charge is 2.23. The minimum absolute atomic E-state index is 0.0996. The first kappa shape index (κ1) is 11.0. The fraction of sp³-hybridized carbons (Fsp3) is 0.273. The fourth-order valence-electron chi connectivity index (χ4n) is 1.92. The van der Waals surface area contributed by atoms with Crippen molar-refractivity contribution in [1.82, 2.24) is 14.9 Å². The van der Waals surface area contributed by atoms with Crippen molar-refractivity contribution in [3.63, 3.8) is 0 Å². The molecule has 0 aliphatic carbocycles. The van der Waals surface area contributed by atoms with Gasteiger partial charge in [0.15, 0.2) is 0 Å². The van der Waals surface area contributed by atoms with Gasteiger partial charge < -0.3 is 5.32 Å². The van der Waals surface area contributed by atoms with Gasteiger partial charge in [-0.2, -0.15) is 0 Å². The summed E-state index contributed by atoms with van der Waals surface area (Å²) in [6.07, 6.45) is 0. The third-order valence-electron chi connectivity index (χ3n) is 2.95. The molecule has 1 aromatic carbocycles. The topological polar surface area (TPSA) is 46.9 Å². The molecule has 6 heteroatoms. The van der Waals surface area contributed by atoms with Gasteiger partial charge in [-0.1, -0.05) is 11.6 Å². The highest BCUT2D eigenvalue weighted by molar-refractivity contribution is 6.31. The second-order valence-electron chi connectivity index (χ2n) is 4.03. The van der Waals surface area contributed by atoms with E-state index in [1.54, 1.807) is 18.2 Å². The zero-order valence-electron chi connectivity index (χ0n) is 8.78. The molecule has 1 aliphatic heterocycles. The molecule has 0 amide bonds. The molecule has 17 heavy (non-hydrogen) atoms. The standard InChI is InChI=1S/C11H9Cl2N3O/c12-6-1-2-8-9(3-6)15-11(13)16(10(8)17)7-4-14-5-7/h1-3,7,14H,4-5H2. The molecule has 2 heterocycles. The minimum atomic E-state index is -0.108. The molecule has 1 N–H and O–H groups in total. The SMILES string of the molecule is O=c1c2ccc(Cl)cc2nc(Cl)n1C1CNC1. The average molecular weight is 270 g/mol. The first-order valence-corrected chi connectivity index (χ1v) is 6.00. The zero-order chi connectivity index (χ0) is 12.0. The highest BCUT2D eigenvalue weighted by atomic mass is 35.5. The number of fused-ring (bicyclic) bond motifs is 1. The van der Waals surface area contributed by atoms with Crippen LogP contribution < -0.4 is 10.9 Å². The summed E-state index contributed by atoms with van der Waals surface area (Å²) in [4.78, 5) is 16.5. The fourth-order valence-corrected chi connectivity index (χ4v) is 2.39. The molecule has 0 saturated carbocycles. The lowest BCUT2D eigenvalue weighted by Gasteiger charge is -2.29. The quantitative estimate of drug-likeness (QED) is 0.804. The second kappa shape index (κ2) is 3.98. The Labute approximate surface area is 107 Å². The number of hydrogen-bond donors (Lipinski definition) is 1. The van der Waals surface area contributed by atoms with Crippen molar-refractivity contribution in [3.05, 3.63) is 38.9 Å². The summed E-state index contributed by atoms with van der Waals surface area (Å²) in [6, 6.07) is 5.12. The van der Waals surface area contributed by atoms with Gasteiger partial charge in [0.25, 0.3) is 5.56 Å². The monoisotopic (exact) mass is 269 g/mol. The highest BCUT2D eigenvalue weighted by Crippen LogP contribution is 2.20. The summed E-state index contributed by atoms with van der Waals surface area (Å²) >= 11 is 11.9. The first-order valence-electron chi connectivity index (χ1n) is 5.25. The molecule has 0 bridgehead atoms. The second-order valence-corrected chi connectivity index (χ2v) is 4.80. The Bertz CT molecular complexity index is 649. The summed E-state index contributed by atoms with van der Waals surface area (Å²) in [5, 5.41) is 4.41. The average Bonchev–Trinajstić information content (AvgIpc) is 2.20. The predicted molar refractivity (Wildman–Crippen MR) is 67.9 cm³/mol. The summed E-state index contributed by atoms with van der Waals surface area (Å²) < 4.78 is 1.54. The lowest BCUT2D eigenvalue weighted by molar-refractivity contribution is 0.335. The van der Waals surface area contributed by atoms with E-state index in [1.807, 2.05) is 0 Å². The van der Waals surface area contributed by atoms with Crippen LogP contribution in [0.2, 0.25) is 10.3 Å². The molecule has 0 spiro atoms. The third-order valence-corrected chi connectivity index (χ3v) is 3.45. The van der Waals surface area contributed by atoms with Gasteiger partial charge in [-0.3, -0.25) is 9.36 Å². The Balaban J connectivity index is 2.31. The van der Waals surface area contributed by atoms with E-state index in [-0.39, 0.29) is 16.9 Å². The van der Waals surface area contributed by atoms with E-state index in [0.29, 0.717) is 15.9 Å². The van der Waals surface area contributed by atoms with Crippen LogP contribution in [0.5, 0.6) is 0 Å². The lowest BCUT2D eigenvalue weighted by Crippen LogP contribution is -2.47. The van der Waals surface area contributed by atoms with Crippen LogP contribution >= 0.6 is 23.2 Å². The van der Waals surface area contributed by atoms with E-state index in [9.17, 15) is 4.79 Å². The van der Waals surface area contributed by atoms with Gasteiger partial charge in [-0.15, -0.1) is 0 Å². The number of aromatic nitrogens is 2. The molecule has 1 saturated heterocycles. The Morgan fingerprint density at radius 1 is 1.35 bits per heavy atom. The van der Waals surface area contributed by atoms with Crippen LogP contribution in [0, 0.1) is 0 Å². The smallest absolute Gasteiger partial charge is 0.262 e. The van der Waals surface area contributed by atoms with Crippen molar-refractivity contribution in [3.8, 4) is 0 Å². The largest absolute Gasteiger partial charge is 0.313 e. The summed E-state index contributed by atoms with van der Waals surface area (Å²) in [6.45, 7) is 1.50. The van der Waals surface area contributed by atoms with Crippen molar-refractivity contribution < 1.29 is 0 Å². The van der Waals surface area contributed by atoms with Gasteiger partial charge in [-0.05, 0) is 29.8 Å². The lowest BCUT2D eigenvalue weighted by atomic mass is 10.1. The molecule has 1 fully saturated rings. The van der Waals surface area contributed by atoms with Gasteiger partial charge >= 0.3 is 0 Å². The molecular formula is C11H9Cl2N3O. The van der Waals surface area contributed by atoms with Gasteiger partial charge in [-0.25, -0.2) is 4.98 Å². The van der Waals surface area contributed by atoms with Gasteiger partial charge in [0.1, 0.15) is 0 Å². The van der Waals surface area contributed by atoms with Crippen molar-refractivity contribution in [2.75, 3.05) is 13.1 Å².